The Balaban J connectivity index is 1.71. The Labute approximate surface area is 219 Å². The molecule has 0 heterocycles. The van der Waals surface area contributed by atoms with Gasteiger partial charge in [-0.1, -0.05) is 66.9 Å². The van der Waals surface area contributed by atoms with Crippen LogP contribution in [0.2, 0.25) is 5.02 Å². The number of likely N-dealkylation sites (N-methyl/N-ethyl adjacent to an activating group) is 1. The van der Waals surface area contributed by atoms with Crippen molar-refractivity contribution in [3.63, 3.8) is 0 Å². The fraction of sp³-hybridized carbons (Fsp3) is 0.310. The highest BCUT2D eigenvalue weighted by Crippen LogP contribution is 2.44. The number of nitrogens with one attached hydrogen (secondary N) is 1. The Hall–Kier alpha value is -3.34. The topological polar surface area (TPSA) is 56.1 Å². The zero-order valence-corrected chi connectivity index (χ0v) is 21.3. The monoisotopic (exact) mass is 525 g/mol. The predicted octanol–water partition coefficient (Wildman–Crippen LogP) is 7.24. The van der Waals surface area contributed by atoms with E-state index < -0.39 is 34.3 Å². The van der Waals surface area contributed by atoms with Crippen LogP contribution >= 0.6 is 11.6 Å². The van der Waals surface area contributed by atoms with Crippen LogP contribution in [0.4, 0.5) is 13.2 Å². The van der Waals surface area contributed by atoms with E-state index >= 15 is 0 Å². The fourth-order valence-corrected chi connectivity index (χ4v) is 5.57. The molecule has 1 amide bonds. The summed E-state index contributed by atoms with van der Waals surface area (Å²) in [7, 11) is 3.93. The van der Waals surface area contributed by atoms with Gasteiger partial charge >= 0.3 is 6.18 Å². The number of hydrogen-bond acceptors (Lipinski definition) is 3. The van der Waals surface area contributed by atoms with E-state index in [0.29, 0.717) is 5.56 Å². The van der Waals surface area contributed by atoms with Gasteiger partial charge in [-0.2, -0.15) is 18.4 Å². The number of halogens is 4. The summed E-state index contributed by atoms with van der Waals surface area (Å²) in [5.41, 5.74) is 1.68. The third-order valence-corrected chi connectivity index (χ3v) is 7.72. The lowest BCUT2D eigenvalue weighted by Crippen LogP contribution is -2.53. The van der Waals surface area contributed by atoms with E-state index in [1.807, 2.05) is 50.5 Å². The van der Waals surface area contributed by atoms with Gasteiger partial charge in [-0.05, 0) is 67.9 Å². The summed E-state index contributed by atoms with van der Waals surface area (Å²) in [5, 5.41) is 11.5. The molecule has 3 aromatic carbocycles. The Bertz CT molecular complexity index is 1310. The molecule has 1 atom stereocenters. The Morgan fingerprint density at radius 3 is 2.08 bits per heavy atom. The zero-order valence-electron chi connectivity index (χ0n) is 20.6. The Morgan fingerprint density at radius 1 is 1.00 bits per heavy atom. The van der Waals surface area contributed by atoms with E-state index in [-0.39, 0.29) is 5.56 Å². The van der Waals surface area contributed by atoms with Crippen molar-refractivity contribution < 1.29 is 18.0 Å². The van der Waals surface area contributed by atoms with Gasteiger partial charge in [-0.15, -0.1) is 0 Å². The molecule has 1 N–H and O–H groups in total. The van der Waals surface area contributed by atoms with Gasteiger partial charge in [-0.25, -0.2) is 0 Å². The lowest BCUT2D eigenvalue weighted by molar-refractivity contribution is -0.137. The summed E-state index contributed by atoms with van der Waals surface area (Å²) in [6, 6.07) is 20.1. The molecule has 0 spiro atoms. The smallest absolute Gasteiger partial charge is 0.343 e. The Morgan fingerprint density at radius 2 is 1.57 bits per heavy atom. The molecule has 1 saturated carbocycles. The van der Waals surface area contributed by atoms with Crippen LogP contribution in [0.15, 0.2) is 66.7 Å². The third kappa shape index (κ3) is 5.36. The van der Waals surface area contributed by atoms with E-state index in [0.717, 1.165) is 48.4 Å². The standard InChI is InChI=1S/C29H27ClF3N3O/c1-36(2)28(16-3-4-17-28)26(35-27(37)23-6-5-7-24(25(23)30)29(31,32)33)22-14-12-21(13-15-22)20-10-8-19(18-34)9-11-20/h5-15,26H,3-4,16-17H2,1-2H3,(H,35,37)/t26-/m1/s1. The average Bonchev–Trinajstić information content (AvgIpc) is 3.38. The van der Waals surface area contributed by atoms with Crippen molar-refractivity contribution in [2.75, 3.05) is 14.1 Å². The molecule has 1 aliphatic carbocycles. The van der Waals surface area contributed by atoms with Gasteiger partial charge in [0.2, 0.25) is 0 Å². The SMILES string of the molecule is CN(C)C1([C@H](NC(=O)c2cccc(C(F)(F)F)c2Cl)c2ccc(-c3ccc(C#N)cc3)cc2)CCCC1. The summed E-state index contributed by atoms with van der Waals surface area (Å²) in [5.74, 6) is -0.648. The van der Waals surface area contributed by atoms with Gasteiger partial charge in [0.1, 0.15) is 0 Å². The van der Waals surface area contributed by atoms with Crippen LogP contribution in [0.1, 0.15) is 58.8 Å². The molecule has 8 heteroatoms. The minimum Gasteiger partial charge on any atom is -0.343 e. The van der Waals surface area contributed by atoms with Crippen molar-refractivity contribution in [3.8, 4) is 17.2 Å². The maximum atomic E-state index is 13.4. The molecule has 4 rings (SSSR count). The lowest BCUT2D eigenvalue weighted by Gasteiger charge is -2.44. The van der Waals surface area contributed by atoms with Gasteiger partial charge in [0, 0.05) is 5.54 Å². The number of nitriles is 1. The molecule has 0 aromatic heterocycles. The summed E-state index contributed by atoms with van der Waals surface area (Å²) < 4.78 is 40.2. The lowest BCUT2D eigenvalue weighted by atomic mass is 9.81. The highest BCUT2D eigenvalue weighted by atomic mass is 35.5. The minimum absolute atomic E-state index is 0.206. The molecular weight excluding hydrogens is 499 g/mol. The van der Waals surface area contributed by atoms with Crippen LogP contribution < -0.4 is 5.32 Å². The molecule has 3 aromatic rings. The molecule has 1 fully saturated rings. The van der Waals surface area contributed by atoms with Crippen LogP contribution in [-0.2, 0) is 6.18 Å². The highest BCUT2D eigenvalue weighted by molar-refractivity contribution is 6.34. The van der Waals surface area contributed by atoms with Crippen molar-refractivity contribution in [2.24, 2.45) is 0 Å². The second kappa shape index (κ2) is 10.6. The van der Waals surface area contributed by atoms with Crippen molar-refractivity contribution in [2.45, 2.75) is 43.4 Å². The van der Waals surface area contributed by atoms with E-state index in [1.165, 1.54) is 12.1 Å². The van der Waals surface area contributed by atoms with Crippen molar-refractivity contribution in [1.29, 1.82) is 5.26 Å². The van der Waals surface area contributed by atoms with E-state index in [2.05, 4.69) is 16.3 Å². The number of rotatable bonds is 6. The maximum Gasteiger partial charge on any atom is 0.417 e. The second-order valence-corrected chi connectivity index (χ2v) is 9.97. The second-order valence-electron chi connectivity index (χ2n) is 9.59. The molecule has 0 bridgehead atoms. The minimum atomic E-state index is -4.66. The predicted molar refractivity (Wildman–Crippen MR) is 138 cm³/mol. The van der Waals surface area contributed by atoms with E-state index in [4.69, 9.17) is 16.9 Å². The average molecular weight is 526 g/mol. The van der Waals surface area contributed by atoms with Gasteiger partial charge in [0.05, 0.1) is 33.8 Å². The third-order valence-electron chi connectivity index (χ3n) is 7.31. The number of nitrogens with zero attached hydrogens (tertiary/aromatic N) is 2. The molecule has 0 aliphatic heterocycles. The molecular formula is C29H27ClF3N3O. The number of benzene rings is 3. The van der Waals surface area contributed by atoms with Crippen molar-refractivity contribution in [1.82, 2.24) is 10.2 Å². The summed E-state index contributed by atoms with van der Waals surface area (Å²) in [6.07, 6.45) is -1.03. The van der Waals surface area contributed by atoms with Gasteiger partial charge in [0.15, 0.2) is 0 Å². The van der Waals surface area contributed by atoms with Crippen LogP contribution in [0, 0.1) is 11.3 Å². The maximum absolute atomic E-state index is 13.4. The molecule has 192 valence electrons. The van der Waals surface area contributed by atoms with Gasteiger partial charge in [0.25, 0.3) is 5.91 Å². The first kappa shape index (κ1) is 26.7. The first-order valence-electron chi connectivity index (χ1n) is 12.0. The molecule has 4 nitrogen and oxygen atoms in total. The number of alkyl halides is 3. The quantitative estimate of drug-likeness (QED) is 0.369. The zero-order chi connectivity index (χ0) is 26.8. The number of amides is 1. The summed E-state index contributed by atoms with van der Waals surface area (Å²) >= 11 is 6.07. The normalized spacial score (nSPS) is 15.8. The molecule has 1 aliphatic rings. The number of hydrogen-bond donors (Lipinski definition) is 1. The molecule has 0 saturated heterocycles. The Kier molecular flexibility index (Phi) is 7.63. The summed E-state index contributed by atoms with van der Waals surface area (Å²) in [4.78, 5) is 15.5. The van der Waals surface area contributed by atoms with Crippen molar-refractivity contribution in [3.05, 3.63) is 94.0 Å². The van der Waals surface area contributed by atoms with E-state index in [1.54, 1.807) is 12.1 Å². The highest BCUT2D eigenvalue weighted by Gasteiger charge is 2.45. The van der Waals surface area contributed by atoms with Crippen LogP contribution in [-0.4, -0.2) is 30.4 Å². The van der Waals surface area contributed by atoms with Crippen LogP contribution in [0.25, 0.3) is 11.1 Å². The van der Waals surface area contributed by atoms with E-state index in [9.17, 15) is 18.0 Å². The summed E-state index contributed by atoms with van der Waals surface area (Å²) in [6.45, 7) is 0. The fourth-order valence-electron chi connectivity index (χ4n) is 5.25. The molecule has 0 unspecified atom stereocenters. The first-order valence-corrected chi connectivity index (χ1v) is 12.4. The van der Waals surface area contributed by atoms with Crippen LogP contribution in [0.5, 0.6) is 0 Å². The molecule has 37 heavy (non-hydrogen) atoms. The molecule has 0 radical (unpaired) electrons. The number of carbonyl (C=O) groups is 1. The first-order chi connectivity index (χ1) is 17.6. The largest absolute Gasteiger partial charge is 0.417 e. The number of carbonyl (C=O) groups excluding carboxylic acids is 1. The van der Waals surface area contributed by atoms with Gasteiger partial charge in [-0.3, -0.25) is 4.79 Å². The van der Waals surface area contributed by atoms with Crippen molar-refractivity contribution >= 4 is 17.5 Å². The van der Waals surface area contributed by atoms with Gasteiger partial charge < -0.3 is 10.2 Å². The van der Waals surface area contributed by atoms with Crippen LogP contribution in [0.3, 0.4) is 0 Å².